The molecule has 1 saturated heterocycles. The minimum Gasteiger partial charge on any atom is -0.493 e. The second-order valence-corrected chi connectivity index (χ2v) is 12.6. The standard InChI is InChI=1S/C31H37BrN6O4S/c1-5-14-43-31-35-30-33-20(3)26(29(40)34-22-11-9-10-19(2)15-22)27(38(30)36-31)21-16-23(32)28(24(17-21)41-4)42-18-25(39)37-12-7-6-8-13-37/h9-11,15-17,27H,5-8,12-14,18H2,1-4H3,(H,34,40)(H,33,35,36). The van der Waals surface area contributed by atoms with E-state index in [0.717, 1.165) is 55.7 Å². The highest BCUT2D eigenvalue weighted by Crippen LogP contribution is 2.43. The number of piperidine rings is 1. The van der Waals surface area contributed by atoms with Crippen molar-refractivity contribution in [2.75, 3.05) is 43.2 Å². The quantitative estimate of drug-likeness (QED) is 0.247. The molecule has 1 fully saturated rings. The van der Waals surface area contributed by atoms with Crippen LogP contribution in [-0.2, 0) is 9.59 Å². The van der Waals surface area contributed by atoms with Gasteiger partial charge in [-0.05, 0) is 90.9 Å². The van der Waals surface area contributed by atoms with Gasteiger partial charge in [0.2, 0.25) is 11.1 Å². The molecule has 0 bridgehead atoms. The number of benzene rings is 2. The fourth-order valence-electron chi connectivity index (χ4n) is 5.32. The van der Waals surface area contributed by atoms with Crippen molar-refractivity contribution in [2.24, 2.45) is 0 Å². The summed E-state index contributed by atoms with van der Waals surface area (Å²) in [7, 11) is 1.56. The highest BCUT2D eigenvalue weighted by Gasteiger charge is 2.35. The average molecular weight is 670 g/mol. The summed E-state index contributed by atoms with van der Waals surface area (Å²) < 4.78 is 14.1. The van der Waals surface area contributed by atoms with Crippen LogP contribution < -0.4 is 20.1 Å². The van der Waals surface area contributed by atoms with Crippen LogP contribution in [0, 0.1) is 6.92 Å². The van der Waals surface area contributed by atoms with Crippen LogP contribution in [-0.4, -0.2) is 64.0 Å². The molecule has 43 heavy (non-hydrogen) atoms. The molecule has 0 saturated carbocycles. The van der Waals surface area contributed by atoms with Crippen molar-refractivity contribution in [1.82, 2.24) is 19.7 Å². The third-order valence-corrected chi connectivity index (χ3v) is 9.04. The van der Waals surface area contributed by atoms with Gasteiger partial charge >= 0.3 is 0 Å². The molecule has 3 aromatic rings. The monoisotopic (exact) mass is 668 g/mol. The first-order valence-electron chi connectivity index (χ1n) is 14.5. The number of nitrogens with one attached hydrogen (secondary N) is 2. The fraction of sp³-hybridized carbons (Fsp3) is 0.419. The number of aromatic nitrogens is 3. The minimum absolute atomic E-state index is 0.0471. The van der Waals surface area contributed by atoms with E-state index < -0.39 is 6.04 Å². The number of allylic oxidation sites excluding steroid dienone is 1. The zero-order valence-electron chi connectivity index (χ0n) is 24.9. The molecule has 228 valence electrons. The Kier molecular flexibility index (Phi) is 9.97. The molecular formula is C31H37BrN6O4S. The second-order valence-electron chi connectivity index (χ2n) is 10.7. The van der Waals surface area contributed by atoms with Gasteiger partial charge in [-0.15, -0.1) is 5.10 Å². The van der Waals surface area contributed by atoms with Crippen molar-refractivity contribution >= 4 is 51.1 Å². The average Bonchev–Trinajstić information content (AvgIpc) is 3.40. The first-order valence-corrected chi connectivity index (χ1v) is 16.3. The number of anilines is 2. The van der Waals surface area contributed by atoms with Crippen molar-refractivity contribution in [3.63, 3.8) is 0 Å². The SMILES string of the molecule is CCCSc1nc2n(n1)C(c1cc(Br)c(OCC(=O)N3CCCCC3)c(OC)c1)C(C(=O)Nc1cccc(C)c1)=C(C)N2. The van der Waals surface area contributed by atoms with Crippen LogP contribution in [0.25, 0.3) is 0 Å². The summed E-state index contributed by atoms with van der Waals surface area (Å²) in [6.07, 6.45) is 4.16. The lowest BCUT2D eigenvalue weighted by molar-refractivity contribution is -0.134. The highest BCUT2D eigenvalue weighted by molar-refractivity contribution is 9.10. The lowest BCUT2D eigenvalue weighted by Gasteiger charge is -2.29. The number of halogens is 1. The number of amides is 2. The van der Waals surface area contributed by atoms with Crippen LogP contribution in [0.1, 0.15) is 56.7 Å². The van der Waals surface area contributed by atoms with E-state index in [-0.39, 0.29) is 18.4 Å². The van der Waals surface area contributed by atoms with Crippen molar-refractivity contribution in [3.8, 4) is 11.5 Å². The molecule has 0 spiro atoms. The predicted molar refractivity (Wildman–Crippen MR) is 172 cm³/mol. The molecule has 2 amide bonds. The largest absolute Gasteiger partial charge is 0.493 e. The molecule has 1 atom stereocenters. The maximum Gasteiger partial charge on any atom is 0.260 e. The van der Waals surface area contributed by atoms with Gasteiger partial charge in [-0.3, -0.25) is 9.59 Å². The number of rotatable bonds is 10. The van der Waals surface area contributed by atoms with Gasteiger partial charge in [0.25, 0.3) is 11.8 Å². The minimum atomic E-state index is -0.612. The number of carbonyl (C=O) groups excluding carboxylic acids is 2. The van der Waals surface area contributed by atoms with Gasteiger partial charge in [0.15, 0.2) is 18.1 Å². The predicted octanol–water partition coefficient (Wildman–Crippen LogP) is 6.18. The molecule has 1 unspecified atom stereocenters. The summed E-state index contributed by atoms with van der Waals surface area (Å²) in [5, 5.41) is 11.8. The van der Waals surface area contributed by atoms with E-state index in [1.54, 1.807) is 23.6 Å². The van der Waals surface area contributed by atoms with Crippen molar-refractivity contribution in [1.29, 1.82) is 0 Å². The Morgan fingerprint density at radius 3 is 2.67 bits per heavy atom. The number of thioether (sulfide) groups is 1. The Morgan fingerprint density at radius 2 is 1.95 bits per heavy atom. The van der Waals surface area contributed by atoms with Gasteiger partial charge in [0, 0.05) is 30.2 Å². The first kappa shape index (κ1) is 30.9. The van der Waals surface area contributed by atoms with Crippen LogP contribution in [0.4, 0.5) is 11.6 Å². The summed E-state index contributed by atoms with van der Waals surface area (Å²) in [6, 6.07) is 10.8. The van der Waals surface area contributed by atoms with E-state index in [9.17, 15) is 9.59 Å². The first-order chi connectivity index (χ1) is 20.8. The summed E-state index contributed by atoms with van der Waals surface area (Å²) in [5.41, 5.74) is 3.65. The highest BCUT2D eigenvalue weighted by atomic mass is 79.9. The zero-order valence-corrected chi connectivity index (χ0v) is 27.3. The number of aryl methyl sites for hydroxylation is 1. The summed E-state index contributed by atoms with van der Waals surface area (Å²) in [4.78, 5) is 33.3. The van der Waals surface area contributed by atoms with Crippen LogP contribution in [0.3, 0.4) is 0 Å². The lowest BCUT2D eigenvalue weighted by Crippen LogP contribution is -2.38. The van der Waals surface area contributed by atoms with Crippen LogP contribution >= 0.6 is 27.7 Å². The molecule has 10 nitrogen and oxygen atoms in total. The van der Waals surface area contributed by atoms with Gasteiger partial charge in [0.1, 0.15) is 6.04 Å². The summed E-state index contributed by atoms with van der Waals surface area (Å²) in [5.74, 6) is 1.99. The molecule has 2 aliphatic rings. The van der Waals surface area contributed by atoms with E-state index in [0.29, 0.717) is 44.0 Å². The third kappa shape index (κ3) is 7.01. The third-order valence-electron chi connectivity index (χ3n) is 7.41. The number of nitrogens with zero attached hydrogens (tertiary/aromatic N) is 4. The van der Waals surface area contributed by atoms with Gasteiger partial charge in [-0.2, -0.15) is 4.98 Å². The zero-order chi connectivity index (χ0) is 30.5. The number of carbonyl (C=O) groups is 2. The number of likely N-dealkylation sites (tertiary alicyclic amines) is 1. The molecule has 2 aromatic carbocycles. The Hall–Kier alpha value is -3.51. The summed E-state index contributed by atoms with van der Waals surface area (Å²) >= 11 is 5.22. The Bertz CT molecular complexity index is 1530. The smallest absolute Gasteiger partial charge is 0.260 e. The number of ether oxygens (including phenoxy) is 2. The number of hydrogen-bond acceptors (Lipinski definition) is 8. The molecule has 5 rings (SSSR count). The van der Waals surface area contributed by atoms with E-state index in [2.05, 4.69) is 33.5 Å². The Morgan fingerprint density at radius 1 is 1.16 bits per heavy atom. The molecule has 12 heteroatoms. The lowest BCUT2D eigenvalue weighted by atomic mass is 9.94. The maximum absolute atomic E-state index is 13.9. The molecular weight excluding hydrogens is 632 g/mol. The molecule has 2 aliphatic heterocycles. The Balaban J connectivity index is 1.50. The van der Waals surface area contributed by atoms with Crippen molar-refractivity contribution < 1.29 is 19.1 Å². The van der Waals surface area contributed by atoms with Crippen molar-refractivity contribution in [2.45, 2.75) is 57.7 Å². The van der Waals surface area contributed by atoms with E-state index in [1.807, 2.05) is 55.1 Å². The van der Waals surface area contributed by atoms with Crippen LogP contribution in [0.5, 0.6) is 11.5 Å². The Labute approximate surface area is 264 Å². The molecule has 3 heterocycles. The number of fused-ring (bicyclic) bond motifs is 1. The topological polar surface area (TPSA) is 111 Å². The second kappa shape index (κ2) is 13.9. The van der Waals surface area contributed by atoms with Crippen LogP contribution in [0.15, 0.2) is 57.3 Å². The van der Waals surface area contributed by atoms with Gasteiger partial charge in [-0.25, -0.2) is 4.68 Å². The van der Waals surface area contributed by atoms with E-state index in [1.165, 1.54) is 0 Å². The molecule has 0 aliphatic carbocycles. The van der Waals surface area contributed by atoms with Crippen molar-refractivity contribution in [3.05, 3.63) is 63.3 Å². The number of hydrogen-bond donors (Lipinski definition) is 2. The fourth-order valence-corrected chi connectivity index (χ4v) is 6.57. The molecule has 2 N–H and O–H groups in total. The molecule has 0 radical (unpaired) electrons. The maximum atomic E-state index is 13.9. The van der Waals surface area contributed by atoms with Gasteiger partial charge in [0.05, 0.1) is 17.2 Å². The molecule has 1 aromatic heterocycles. The summed E-state index contributed by atoms with van der Waals surface area (Å²) in [6.45, 7) is 7.38. The number of methoxy groups -OCH3 is 1. The van der Waals surface area contributed by atoms with Gasteiger partial charge < -0.3 is 25.0 Å². The van der Waals surface area contributed by atoms with E-state index >= 15 is 0 Å². The normalized spacial score (nSPS) is 16.4. The van der Waals surface area contributed by atoms with Gasteiger partial charge in [-0.1, -0.05) is 30.8 Å². The van der Waals surface area contributed by atoms with E-state index in [4.69, 9.17) is 19.6 Å². The van der Waals surface area contributed by atoms with Crippen LogP contribution in [0.2, 0.25) is 0 Å².